The Morgan fingerprint density at radius 2 is 2.23 bits per heavy atom. The van der Waals surface area contributed by atoms with Crippen LogP contribution >= 0.6 is 39.7 Å². The molecule has 0 saturated heterocycles. The van der Waals surface area contributed by atoms with Crippen LogP contribution in [-0.4, -0.2) is 22.8 Å². The quantitative estimate of drug-likeness (QED) is 0.530. The van der Waals surface area contributed by atoms with E-state index in [1.54, 1.807) is 26.0 Å². The summed E-state index contributed by atoms with van der Waals surface area (Å²) in [5, 5.41) is 16.3. The molecule has 0 fully saturated rings. The van der Waals surface area contributed by atoms with Crippen molar-refractivity contribution in [2.45, 2.75) is 19.9 Å². The van der Waals surface area contributed by atoms with Crippen molar-refractivity contribution in [3.05, 3.63) is 38.5 Å². The monoisotopic (exact) mass is 404 g/mol. The lowest BCUT2D eigenvalue weighted by atomic mass is 9.95. The lowest BCUT2D eigenvalue weighted by Crippen LogP contribution is -2.45. The van der Waals surface area contributed by atoms with E-state index in [0.717, 1.165) is 0 Å². The number of carbonyl (C=O) groups excluding carboxylic acids is 1. The zero-order chi connectivity index (χ0) is 16.4. The first-order valence-corrected chi connectivity index (χ1v) is 8.06. The Kier molecular flexibility index (Phi) is 5.31. The molecule has 8 heteroatoms. The molecular weight excluding hydrogens is 392 g/mol. The van der Waals surface area contributed by atoms with E-state index >= 15 is 0 Å². The van der Waals surface area contributed by atoms with Crippen molar-refractivity contribution in [2.24, 2.45) is 0 Å². The number of phenolic OH excluding ortho intramolecular Hbond substituents is 1. The fourth-order valence-electron chi connectivity index (χ4n) is 2.18. The molecule has 3 N–H and O–H groups in total. The van der Waals surface area contributed by atoms with E-state index in [-0.39, 0.29) is 17.4 Å². The molecule has 1 atom stereocenters. The molecular formula is C14H14BrClN2O3S. The van der Waals surface area contributed by atoms with Gasteiger partial charge < -0.3 is 20.5 Å². The number of rotatable bonds is 3. The number of benzene rings is 1. The highest BCUT2D eigenvalue weighted by Gasteiger charge is 2.31. The van der Waals surface area contributed by atoms with E-state index in [4.69, 9.17) is 28.6 Å². The van der Waals surface area contributed by atoms with Crippen LogP contribution in [0.4, 0.5) is 0 Å². The number of thiocarbonyl (C=S) groups is 1. The Morgan fingerprint density at radius 1 is 1.55 bits per heavy atom. The third-order valence-electron chi connectivity index (χ3n) is 3.14. The molecule has 0 bridgehead atoms. The topological polar surface area (TPSA) is 70.6 Å². The highest BCUT2D eigenvalue weighted by atomic mass is 79.9. The number of carbonyl (C=O) groups is 1. The minimum atomic E-state index is -0.512. The molecule has 0 aliphatic carbocycles. The van der Waals surface area contributed by atoms with E-state index in [9.17, 15) is 9.90 Å². The van der Waals surface area contributed by atoms with Crippen molar-refractivity contribution in [1.29, 1.82) is 0 Å². The van der Waals surface area contributed by atoms with Gasteiger partial charge in [-0.3, -0.25) is 0 Å². The molecule has 1 heterocycles. The SMILES string of the molecule is CCOC(=O)C1=C(C)NC(=S)NC1c1cc(Cl)c(O)c(Br)c1. The highest BCUT2D eigenvalue weighted by Crippen LogP contribution is 2.37. The van der Waals surface area contributed by atoms with Gasteiger partial charge in [0, 0.05) is 5.70 Å². The maximum absolute atomic E-state index is 12.2. The fraction of sp³-hybridized carbons (Fsp3) is 0.286. The van der Waals surface area contributed by atoms with E-state index < -0.39 is 12.0 Å². The first-order chi connectivity index (χ1) is 10.3. The summed E-state index contributed by atoms with van der Waals surface area (Å²) in [7, 11) is 0. The second kappa shape index (κ2) is 6.85. The third-order valence-corrected chi connectivity index (χ3v) is 4.25. The molecule has 1 aliphatic heterocycles. The van der Waals surface area contributed by atoms with Crippen LogP contribution in [0.25, 0.3) is 0 Å². The van der Waals surface area contributed by atoms with Gasteiger partial charge in [-0.25, -0.2) is 4.79 Å². The van der Waals surface area contributed by atoms with Crippen LogP contribution < -0.4 is 10.6 Å². The second-order valence-corrected chi connectivity index (χ2v) is 6.29. The van der Waals surface area contributed by atoms with Crippen LogP contribution in [0.15, 0.2) is 27.9 Å². The van der Waals surface area contributed by atoms with Crippen molar-refractivity contribution < 1.29 is 14.6 Å². The Labute approximate surface area is 146 Å². The molecule has 1 aliphatic rings. The summed E-state index contributed by atoms with van der Waals surface area (Å²) in [5.41, 5.74) is 1.72. The maximum atomic E-state index is 12.2. The van der Waals surface area contributed by atoms with Crippen molar-refractivity contribution in [3.8, 4) is 5.75 Å². The van der Waals surface area contributed by atoms with Crippen LogP contribution in [0, 0.1) is 0 Å². The van der Waals surface area contributed by atoms with Crippen molar-refractivity contribution in [1.82, 2.24) is 10.6 Å². The van der Waals surface area contributed by atoms with Gasteiger partial charge in [-0.1, -0.05) is 11.6 Å². The number of phenols is 1. The summed E-state index contributed by atoms with van der Waals surface area (Å²) < 4.78 is 5.54. The van der Waals surface area contributed by atoms with Gasteiger partial charge in [-0.15, -0.1) is 0 Å². The largest absolute Gasteiger partial charge is 0.505 e. The number of hydrogen-bond acceptors (Lipinski definition) is 4. The number of esters is 1. The van der Waals surface area contributed by atoms with Crippen LogP contribution in [-0.2, 0) is 9.53 Å². The number of allylic oxidation sites excluding steroid dienone is 1. The van der Waals surface area contributed by atoms with Crippen molar-refractivity contribution in [3.63, 3.8) is 0 Å². The van der Waals surface area contributed by atoms with Gasteiger partial charge in [0.1, 0.15) is 5.75 Å². The van der Waals surface area contributed by atoms with Crippen LogP contribution in [0.3, 0.4) is 0 Å². The summed E-state index contributed by atoms with van der Waals surface area (Å²) >= 11 is 14.4. The minimum absolute atomic E-state index is 0.0553. The van der Waals surface area contributed by atoms with Gasteiger partial charge >= 0.3 is 5.97 Å². The summed E-state index contributed by atoms with van der Waals surface area (Å²) in [6, 6.07) is 2.75. The maximum Gasteiger partial charge on any atom is 0.338 e. The van der Waals surface area contributed by atoms with Crippen molar-refractivity contribution >= 4 is 50.8 Å². The van der Waals surface area contributed by atoms with E-state index in [1.807, 2.05) is 0 Å². The van der Waals surface area contributed by atoms with Gasteiger partial charge in [0.05, 0.1) is 27.7 Å². The van der Waals surface area contributed by atoms with Crippen molar-refractivity contribution in [2.75, 3.05) is 6.61 Å². The van der Waals surface area contributed by atoms with Gasteiger partial charge in [0.25, 0.3) is 0 Å². The summed E-state index contributed by atoms with van der Waals surface area (Å²) in [5.74, 6) is -0.492. The Balaban J connectivity index is 2.52. The van der Waals surface area contributed by atoms with Crippen LogP contribution in [0.5, 0.6) is 5.75 Å². The van der Waals surface area contributed by atoms with Crippen LogP contribution in [0.2, 0.25) is 5.02 Å². The average molecular weight is 406 g/mol. The van der Waals surface area contributed by atoms with E-state index in [1.165, 1.54) is 0 Å². The van der Waals surface area contributed by atoms with Gasteiger partial charge in [-0.05, 0) is 59.7 Å². The molecule has 5 nitrogen and oxygen atoms in total. The normalized spacial score (nSPS) is 17.8. The lowest BCUT2D eigenvalue weighted by molar-refractivity contribution is -0.139. The Bertz CT molecular complexity index is 655. The van der Waals surface area contributed by atoms with E-state index in [2.05, 4.69) is 26.6 Å². The zero-order valence-corrected chi connectivity index (χ0v) is 15.0. The third kappa shape index (κ3) is 3.37. The zero-order valence-electron chi connectivity index (χ0n) is 11.9. The average Bonchev–Trinajstić information content (AvgIpc) is 2.43. The number of aromatic hydroxyl groups is 1. The Morgan fingerprint density at radius 3 is 2.82 bits per heavy atom. The highest BCUT2D eigenvalue weighted by molar-refractivity contribution is 9.10. The number of nitrogens with one attached hydrogen (secondary N) is 2. The molecule has 1 aromatic rings. The van der Waals surface area contributed by atoms with Crippen LogP contribution in [0.1, 0.15) is 25.5 Å². The Hall–Kier alpha value is -1.31. The molecule has 1 unspecified atom stereocenters. The summed E-state index contributed by atoms with van der Waals surface area (Å²) in [6.07, 6.45) is 0. The first kappa shape index (κ1) is 17.1. The molecule has 0 saturated carbocycles. The smallest absolute Gasteiger partial charge is 0.338 e. The predicted molar refractivity (Wildman–Crippen MR) is 91.8 cm³/mol. The summed E-state index contributed by atoms with van der Waals surface area (Å²) in [4.78, 5) is 12.2. The number of halogens is 2. The first-order valence-electron chi connectivity index (χ1n) is 6.48. The second-order valence-electron chi connectivity index (χ2n) is 4.62. The molecule has 0 spiro atoms. The molecule has 0 aromatic heterocycles. The lowest BCUT2D eigenvalue weighted by Gasteiger charge is -2.30. The molecule has 2 rings (SSSR count). The number of hydrogen-bond donors (Lipinski definition) is 3. The van der Waals surface area contributed by atoms with Gasteiger partial charge in [0.2, 0.25) is 0 Å². The molecule has 22 heavy (non-hydrogen) atoms. The predicted octanol–water partition coefficient (Wildman–Crippen LogP) is 3.16. The standard InChI is InChI=1S/C14H14BrClN2O3S/c1-3-21-13(20)10-6(2)17-14(22)18-11(10)7-4-8(15)12(19)9(16)5-7/h4-5,11,19H,3H2,1-2H3,(H2,17,18,22). The van der Waals surface area contributed by atoms with Gasteiger partial charge in [-0.2, -0.15) is 0 Å². The van der Waals surface area contributed by atoms with Gasteiger partial charge in [0.15, 0.2) is 5.11 Å². The molecule has 118 valence electrons. The molecule has 0 amide bonds. The number of ether oxygens (including phenoxy) is 1. The molecule has 0 radical (unpaired) electrons. The molecule has 1 aromatic carbocycles. The fourth-order valence-corrected chi connectivity index (χ4v) is 3.27. The van der Waals surface area contributed by atoms with E-state index in [0.29, 0.717) is 26.4 Å². The summed E-state index contributed by atoms with van der Waals surface area (Å²) in [6.45, 7) is 3.77. The minimum Gasteiger partial charge on any atom is -0.505 e.